The van der Waals surface area contributed by atoms with Crippen LogP contribution in [-0.4, -0.2) is 41.2 Å². The number of nitrogens with one attached hydrogen (secondary N) is 4. The van der Waals surface area contributed by atoms with Crippen LogP contribution in [0.25, 0.3) is 22.2 Å². The van der Waals surface area contributed by atoms with Crippen LogP contribution < -0.4 is 30.4 Å². The third-order valence-electron chi connectivity index (χ3n) is 6.13. The minimum atomic E-state index is -3.88. The number of benzene rings is 3. The number of ether oxygens (including phenoxy) is 2. The van der Waals surface area contributed by atoms with E-state index in [-0.39, 0.29) is 22.7 Å². The molecule has 0 saturated carbocycles. The number of hydrogen-bond donors (Lipinski definition) is 4. The van der Waals surface area contributed by atoms with E-state index < -0.39 is 15.9 Å². The molecular weight excluding hydrogens is 578 g/mol. The average Bonchev–Trinajstić information content (AvgIpc) is 3.48. The molecule has 0 atom stereocenters. The van der Waals surface area contributed by atoms with Crippen molar-refractivity contribution in [3.63, 3.8) is 0 Å². The summed E-state index contributed by atoms with van der Waals surface area (Å²) in [5.74, 6) is 0.789. The molecule has 12 nitrogen and oxygen atoms in total. The van der Waals surface area contributed by atoms with E-state index >= 15 is 0 Å². The fourth-order valence-electron chi connectivity index (χ4n) is 4.16. The first-order valence-electron chi connectivity index (χ1n) is 12.4. The zero-order valence-electron chi connectivity index (χ0n) is 21.6. The van der Waals surface area contributed by atoms with Gasteiger partial charge in [-0.2, -0.15) is 0 Å². The Bertz CT molecular complexity index is 1920. The molecule has 4 N–H and O–H groups in total. The van der Waals surface area contributed by atoms with E-state index in [0.717, 1.165) is 5.56 Å². The summed E-state index contributed by atoms with van der Waals surface area (Å²) in [6.45, 7) is 0.154. The Morgan fingerprint density at radius 3 is 2.43 bits per heavy atom. The molecule has 14 heteroatoms. The Morgan fingerprint density at radius 2 is 1.62 bits per heavy atom. The summed E-state index contributed by atoms with van der Waals surface area (Å²) in [7, 11) is -3.88. The second-order valence-corrected chi connectivity index (χ2v) is 11.0. The molecule has 2 aromatic heterocycles. The van der Waals surface area contributed by atoms with Gasteiger partial charge >= 0.3 is 0 Å². The van der Waals surface area contributed by atoms with E-state index in [1.807, 2.05) is 36.4 Å². The first kappa shape index (κ1) is 26.9. The molecule has 3 aromatic carbocycles. The molecule has 0 saturated heterocycles. The number of sulfonamides is 1. The van der Waals surface area contributed by atoms with E-state index in [9.17, 15) is 13.2 Å². The third-order valence-corrected chi connectivity index (χ3v) is 7.68. The molecule has 6 rings (SSSR count). The van der Waals surface area contributed by atoms with Crippen LogP contribution in [0.1, 0.15) is 10.4 Å². The lowest BCUT2D eigenvalue weighted by Gasteiger charge is -2.14. The highest BCUT2D eigenvalue weighted by atomic mass is 32.2. The summed E-state index contributed by atoms with van der Waals surface area (Å²) in [5, 5.41) is 3.65. The van der Waals surface area contributed by atoms with Crippen LogP contribution in [0.5, 0.6) is 11.5 Å². The minimum Gasteiger partial charge on any atom is -0.454 e. The first-order valence-corrected chi connectivity index (χ1v) is 14.3. The molecule has 5 aromatic rings. The van der Waals surface area contributed by atoms with Gasteiger partial charge in [0, 0.05) is 29.0 Å². The number of hydrazine groups is 1. The van der Waals surface area contributed by atoms with Crippen molar-refractivity contribution >= 4 is 55.8 Å². The highest BCUT2D eigenvalue weighted by Crippen LogP contribution is 2.36. The Labute approximate surface area is 245 Å². The van der Waals surface area contributed by atoms with Gasteiger partial charge in [0.2, 0.25) is 12.7 Å². The second kappa shape index (κ2) is 11.3. The van der Waals surface area contributed by atoms with Crippen molar-refractivity contribution < 1.29 is 22.7 Å². The van der Waals surface area contributed by atoms with Crippen LogP contribution >= 0.6 is 12.2 Å². The topological polar surface area (TPSA) is 156 Å². The Morgan fingerprint density at radius 1 is 0.857 bits per heavy atom. The molecule has 0 radical (unpaired) electrons. The zero-order valence-corrected chi connectivity index (χ0v) is 23.2. The van der Waals surface area contributed by atoms with Crippen molar-refractivity contribution in [2.75, 3.05) is 16.8 Å². The van der Waals surface area contributed by atoms with Gasteiger partial charge in [0.25, 0.3) is 15.9 Å². The third kappa shape index (κ3) is 5.75. The van der Waals surface area contributed by atoms with Gasteiger partial charge < -0.3 is 14.8 Å². The summed E-state index contributed by atoms with van der Waals surface area (Å²) >= 11 is 5.32. The van der Waals surface area contributed by atoms with Gasteiger partial charge in [-0.05, 0) is 72.9 Å². The summed E-state index contributed by atoms with van der Waals surface area (Å²) in [4.78, 5) is 25.7. The van der Waals surface area contributed by atoms with Crippen molar-refractivity contribution in [3.05, 3.63) is 96.8 Å². The van der Waals surface area contributed by atoms with Gasteiger partial charge in [0.1, 0.15) is 0 Å². The number of amides is 1. The van der Waals surface area contributed by atoms with Crippen molar-refractivity contribution in [1.82, 2.24) is 25.8 Å². The predicted molar refractivity (Wildman–Crippen MR) is 159 cm³/mol. The Hall–Kier alpha value is -5.34. The maximum atomic E-state index is 13.3. The van der Waals surface area contributed by atoms with E-state index in [2.05, 4.69) is 30.9 Å². The van der Waals surface area contributed by atoms with Gasteiger partial charge in [0.15, 0.2) is 16.6 Å². The fraction of sp³-hybridized carbons (Fsp3) is 0.0357. The summed E-state index contributed by atoms with van der Waals surface area (Å²) in [5.41, 5.74) is 8.16. The van der Waals surface area contributed by atoms with E-state index in [1.54, 1.807) is 18.2 Å². The molecule has 0 unspecified atom stereocenters. The highest BCUT2D eigenvalue weighted by molar-refractivity contribution is 7.92. The van der Waals surface area contributed by atoms with Gasteiger partial charge in [-0.15, -0.1) is 0 Å². The Balaban J connectivity index is 1.13. The minimum absolute atomic E-state index is 0.00973. The van der Waals surface area contributed by atoms with Crippen LogP contribution in [0.4, 0.5) is 11.6 Å². The van der Waals surface area contributed by atoms with Gasteiger partial charge in [-0.1, -0.05) is 18.2 Å². The molecule has 1 aliphatic heterocycles. The maximum Gasteiger partial charge on any atom is 0.270 e. The van der Waals surface area contributed by atoms with Crippen molar-refractivity contribution in [1.29, 1.82) is 0 Å². The fourth-order valence-corrected chi connectivity index (χ4v) is 5.29. The van der Waals surface area contributed by atoms with Crippen molar-refractivity contribution in [2.24, 2.45) is 0 Å². The molecule has 0 aliphatic carbocycles. The highest BCUT2D eigenvalue weighted by Gasteiger charge is 2.18. The number of nitrogens with zero attached hydrogens (tertiary/aromatic N) is 3. The average molecular weight is 600 g/mol. The summed E-state index contributed by atoms with van der Waals surface area (Å²) in [6.07, 6.45) is 2.86. The number of fused-ring (bicyclic) bond motifs is 2. The van der Waals surface area contributed by atoms with Crippen molar-refractivity contribution in [2.45, 2.75) is 4.90 Å². The molecule has 210 valence electrons. The molecule has 42 heavy (non-hydrogen) atoms. The number of aromatic nitrogens is 3. The van der Waals surface area contributed by atoms with E-state index in [0.29, 0.717) is 39.3 Å². The van der Waals surface area contributed by atoms with Crippen molar-refractivity contribution in [3.8, 4) is 22.8 Å². The lowest BCUT2D eigenvalue weighted by molar-refractivity contribution is 0.0945. The lowest BCUT2D eigenvalue weighted by atomic mass is 10.0. The van der Waals surface area contributed by atoms with Crippen LogP contribution in [0.15, 0.2) is 96.2 Å². The number of carbonyl (C=O) groups excluding carboxylic acids is 1. The smallest absolute Gasteiger partial charge is 0.270 e. The number of anilines is 2. The molecule has 3 heterocycles. The van der Waals surface area contributed by atoms with E-state index in [1.165, 1.54) is 36.7 Å². The number of rotatable bonds is 6. The summed E-state index contributed by atoms with van der Waals surface area (Å²) < 4.78 is 38.4. The number of hydrogen-bond acceptors (Lipinski definition) is 9. The monoisotopic (exact) mass is 599 g/mol. The molecular formula is C28H21N7O5S2. The second-order valence-electron chi connectivity index (χ2n) is 8.88. The maximum absolute atomic E-state index is 13.3. The quantitative estimate of drug-likeness (QED) is 0.166. The molecule has 1 aliphatic rings. The SMILES string of the molecule is O=C(NNC(=S)Nc1ccc(S(=O)(=O)Nc2ncccn2)cc1)c1cc(-c2ccc3c(c2)OCO3)nc2ccccc12. The number of pyridine rings is 1. The standard InChI is InChI=1S/C28H21N7O5S2/c36-26(21-15-23(32-22-5-2-1-4-20(21)22)17-6-11-24-25(14-17)40-16-39-24)33-34-28(41)31-18-7-9-19(10-8-18)42(37,38)35-27-29-12-3-13-30-27/h1-15H,16H2,(H,33,36)(H,29,30,35)(H2,31,34,41). The van der Waals surface area contributed by atoms with E-state index in [4.69, 9.17) is 26.7 Å². The van der Waals surface area contributed by atoms with Crippen LogP contribution in [0.3, 0.4) is 0 Å². The Kier molecular flexibility index (Phi) is 7.21. The van der Waals surface area contributed by atoms with Gasteiger partial charge in [-0.25, -0.2) is 28.1 Å². The van der Waals surface area contributed by atoms with Gasteiger partial charge in [0.05, 0.1) is 21.7 Å². The predicted octanol–water partition coefficient (Wildman–Crippen LogP) is 3.85. The first-order chi connectivity index (χ1) is 20.4. The number of carbonyl (C=O) groups is 1. The van der Waals surface area contributed by atoms with Crippen LogP contribution in [0, 0.1) is 0 Å². The normalized spacial score (nSPS) is 12.0. The lowest BCUT2D eigenvalue weighted by Crippen LogP contribution is -2.43. The van der Waals surface area contributed by atoms with Gasteiger partial charge in [-0.3, -0.25) is 15.6 Å². The largest absolute Gasteiger partial charge is 0.454 e. The number of para-hydroxylation sites is 1. The van der Waals surface area contributed by atoms with Crippen LogP contribution in [-0.2, 0) is 10.0 Å². The molecule has 0 spiro atoms. The number of thiocarbonyl (C=S) groups is 1. The molecule has 0 bridgehead atoms. The summed E-state index contributed by atoms with van der Waals surface area (Å²) in [6, 6.07) is 21.9. The van der Waals surface area contributed by atoms with Crippen LogP contribution in [0.2, 0.25) is 0 Å². The zero-order chi connectivity index (χ0) is 29.1. The molecule has 1 amide bonds. The molecule has 0 fully saturated rings.